The van der Waals surface area contributed by atoms with Crippen molar-refractivity contribution in [2.45, 2.75) is 13.5 Å². The second kappa shape index (κ2) is 10.8. The Bertz CT molecular complexity index is 1800. The summed E-state index contributed by atoms with van der Waals surface area (Å²) in [5, 5.41) is 18.5. The molecule has 6 rings (SSSR count). The molecular formula is C31H27FN6O3. The van der Waals surface area contributed by atoms with Crippen molar-refractivity contribution in [2.24, 2.45) is 0 Å². The number of hydrogen-bond acceptors (Lipinski definition) is 7. The lowest BCUT2D eigenvalue weighted by Gasteiger charge is -2.36. The van der Waals surface area contributed by atoms with Crippen LogP contribution in [0.25, 0.3) is 33.4 Å². The molecule has 5 aromatic rings. The van der Waals surface area contributed by atoms with E-state index in [4.69, 9.17) is 4.98 Å². The minimum absolute atomic E-state index is 0.0538. The SMILES string of the molecule is CCn1cc(C(=O)O)c(=O)c2cc(F)c(N3CCN(c4nnc(-c5ccccc5)c(-c5ccccc5)n4)CC3)cc21. The largest absolute Gasteiger partial charge is 0.477 e. The molecule has 10 heteroatoms. The molecule has 0 saturated carbocycles. The number of piperazine rings is 1. The topological polar surface area (TPSA) is 104 Å². The third-order valence-electron chi connectivity index (χ3n) is 7.39. The normalized spacial score (nSPS) is 13.5. The number of aromatic carboxylic acids is 1. The van der Waals surface area contributed by atoms with Crippen LogP contribution in [0.3, 0.4) is 0 Å². The van der Waals surface area contributed by atoms with E-state index >= 15 is 4.39 Å². The highest BCUT2D eigenvalue weighted by atomic mass is 19.1. The second-order valence-electron chi connectivity index (χ2n) is 9.80. The Hall–Kier alpha value is -5.12. The van der Waals surface area contributed by atoms with Crippen molar-refractivity contribution in [3.8, 4) is 22.5 Å². The molecule has 9 nitrogen and oxygen atoms in total. The minimum atomic E-state index is -1.33. The van der Waals surface area contributed by atoms with Gasteiger partial charge in [-0.25, -0.2) is 14.2 Å². The molecule has 41 heavy (non-hydrogen) atoms. The number of carbonyl (C=O) groups is 1. The number of pyridine rings is 1. The highest BCUT2D eigenvalue weighted by Crippen LogP contribution is 2.31. The van der Waals surface area contributed by atoms with Gasteiger partial charge in [-0.15, -0.1) is 10.2 Å². The molecule has 0 aliphatic carbocycles. The van der Waals surface area contributed by atoms with Gasteiger partial charge in [0.15, 0.2) is 0 Å². The number of rotatable bonds is 6. The van der Waals surface area contributed by atoms with E-state index in [0.717, 1.165) is 22.9 Å². The van der Waals surface area contributed by atoms with Gasteiger partial charge in [0.05, 0.1) is 11.2 Å². The van der Waals surface area contributed by atoms with Crippen molar-refractivity contribution >= 4 is 28.5 Å². The number of carboxylic acid groups (broad SMARTS) is 1. The Morgan fingerprint density at radius 3 is 2.10 bits per heavy atom. The van der Waals surface area contributed by atoms with E-state index in [1.165, 1.54) is 6.20 Å². The molecule has 1 N–H and O–H groups in total. The van der Waals surface area contributed by atoms with Crippen molar-refractivity contribution in [2.75, 3.05) is 36.0 Å². The lowest BCUT2D eigenvalue weighted by Crippen LogP contribution is -2.47. The van der Waals surface area contributed by atoms with E-state index in [1.807, 2.05) is 77.4 Å². The summed E-state index contributed by atoms with van der Waals surface area (Å²) < 4.78 is 17.0. The maximum atomic E-state index is 15.3. The molecule has 1 aliphatic heterocycles. The van der Waals surface area contributed by atoms with Gasteiger partial charge in [-0.1, -0.05) is 60.7 Å². The Morgan fingerprint density at radius 2 is 1.49 bits per heavy atom. The van der Waals surface area contributed by atoms with Crippen LogP contribution in [0, 0.1) is 5.82 Å². The van der Waals surface area contributed by atoms with Crippen LogP contribution < -0.4 is 15.2 Å². The average Bonchev–Trinajstić information content (AvgIpc) is 3.02. The van der Waals surface area contributed by atoms with Crippen LogP contribution >= 0.6 is 0 Å². The molecule has 1 aliphatic rings. The molecule has 0 bridgehead atoms. The highest BCUT2D eigenvalue weighted by Gasteiger charge is 2.25. The molecule has 1 saturated heterocycles. The zero-order valence-corrected chi connectivity index (χ0v) is 22.4. The van der Waals surface area contributed by atoms with Crippen LogP contribution in [0.15, 0.2) is 83.8 Å². The quantitative estimate of drug-likeness (QED) is 0.324. The molecule has 0 amide bonds. The maximum Gasteiger partial charge on any atom is 0.341 e. The first-order chi connectivity index (χ1) is 19.9. The predicted octanol–water partition coefficient (Wildman–Crippen LogP) is 4.70. The van der Waals surface area contributed by atoms with Crippen molar-refractivity contribution in [3.05, 3.63) is 101 Å². The van der Waals surface area contributed by atoms with Gasteiger partial charge < -0.3 is 19.5 Å². The fourth-order valence-corrected chi connectivity index (χ4v) is 5.24. The molecule has 0 spiro atoms. The smallest absolute Gasteiger partial charge is 0.341 e. The summed E-state index contributed by atoms with van der Waals surface area (Å²) in [7, 11) is 0. The first kappa shape index (κ1) is 26.1. The van der Waals surface area contributed by atoms with Crippen molar-refractivity contribution in [1.29, 1.82) is 0 Å². The van der Waals surface area contributed by atoms with Crippen molar-refractivity contribution in [3.63, 3.8) is 0 Å². The number of nitrogens with zero attached hydrogens (tertiary/aromatic N) is 6. The third kappa shape index (κ3) is 4.88. The van der Waals surface area contributed by atoms with Gasteiger partial charge in [0.1, 0.15) is 22.8 Å². The average molecular weight is 551 g/mol. The Morgan fingerprint density at radius 1 is 0.878 bits per heavy atom. The van der Waals surface area contributed by atoms with E-state index in [0.29, 0.717) is 55.6 Å². The fourth-order valence-electron chi connectivity index (χ4n) is 5.24. The summed E-state index contributed by atoms with van der Waals surface area (Å²) >= 11 is 0. The summed E-state index contributed by atoms with van der Waals surface area (Å²) in [4.78, 5) is 33.1. The van der Waals surface area contributed by atoms with Gasteiger partial charge in [0.25, 0.3) is 0 Å². The van der Waals surface area contributed by atoms with E-state index in [-0.39, 0.29) is 10.9 Å². The number of fused-ring (bicyclic) bond motifs is 1. The Labute approximate surface area is 235 Å². The van der Waals surface area contributed by atoms with E-state index in [2.05, 4.69) is 10.2 Å². The predicted molar refractivity (Wildman–Crippen MR) is 156 cm³/mol. The Balaban J connectivity index is 1.29. The summed E-state index contributed by atoms with van der Waals surface area (Å²) in [5.74, 6) is -1.39. The first-order valence-electron chi connectivity index (χ1n) is 13.4. The number of halogens is 1. The molecular weight excluding hydrogens is 523 g/mol. The van der Waals surface area contributed by atoms with Gasteiger partial charge >= 0.3 is 5.97 Å². The summed E-state index contributed by atoms with van der Waals surface area (Å²) in [6, 6.07) is 22.5. The molecule has 1 fully saturated rings. The van der Waals surface area contributed by atoms with Crippen LogP contribution in [0.4, 0.5) is 16.0 Å². The van der Waals surface area contributed by atoms with Crippen molar-refractivity contribution < 1.29 is 14.3 Å². The maximum absolute atomic E-state index is 15.3. The number of aryl methyl sites for hydroxylation is 1. The van der Waals surface area contributed by atoms with Crippen LogP contribution in [-0.2, 0) is 6.54 Å². The standard InChI is InChI=1S/C31H27FN6O3/c1-2-36-19-23(30(40)41)29(39)22-17-24(32)26(18-25(22)36)37-13-15-38(16-14-37)31-33-27(20-9-5-3-6-10-20)28(34-35-31)21-11-7-4-8-12-21/h3-12,17-19H,2,13-16H2,1H3,(H,40,41). The summed E-state index contributed by atoms with van der Waals surface area (Å²) in [5.41, 5.74) is 3.10. The lowest BCUT2D eigenvalue weighted by molar-refractivity contribution is 0.0695. The van der Waals surface area contributed by atoms with Gasteiger partial charge in [-0.2, -0.15) is 0 Å². The zero-order valence-electron chi connectivity index (χ0n) is 22.4. The van der Waals surface area contributed by atoms with Crippen LogP contribution in [0.2, 0.25) is 0 Å². The number of anilines is 2. The second-order valence-corrected chi connectivity index (χ2v) is 9.80. The monoisotopic (exact) mass is 550 g/mol. The van der Waals surface area contributed by atoms with Crippen LogP contribution in [0.5, 0.6) is 0 Å². The molecule has 0 radical (unpaired) electrons. The number of benzene rings is 3. The third-order valence-corrected chi connectivity index (χ3v) is 7.39. The van der Waals surface area contributed by atoms with E-state index < -0.39 is 17.2 Å². The number of carboxylic acids is 1. The van der Waals surface area contributed by atoms with E-state index in [1.54, 1.807) is 10.6 Å². The van der Waals surface area contributed by atoms with Crippen molar-refractivity contribution in [1.82, 2.24) is 19.7 Å². The minimum Gasteiger partial charge on any atom is -0.477 e. The number of aromatic nitrogens is 4. The van der Waals surface area contributed by atoms with Gasteiger partial charge in [0, 0.05) is 55.4 Å². The molecule has 2 aromatic heterocycles. The fraction of sp³-hybridized carbons (Fsp3) is 0.194. The molecule has 3 heterocycles. The lowest BCUT2D eigenvalue weighted by atomic mass is 10.0. The molecule has 206 valence electrons. The molecule has 3 aromatic carbocycles. The summed E-state index contributed by atoms with van der Waals surface area (Å²) in [6.45, 7) is 4.35. The molecule has 0 atom stereocenters. The highest BCUT2D eigenvalue weighted by molar-refractivity contribution is 5.93. The van der Waals surface area contributed by atoms with Gasteiger partial charge in [-0.3, -0.25) is 4.79 Å². The summed E-state index contributed by atoms with van der Waals surface area (Å²) in [6.07, 6.45) is 1.32. The zero-order chi connectivity index (χ0) is 28.5. The van der Waals surface area contributed by atoms with Crippen LogP contribution in [-0.4, -0.2) is 57.0 Å². The first-order valence-corrected chi connectivity index (χ1v) is 13.4. The Kier molecular flexibility index (Phi) is 6.88. The van der Waals surface area contributed by atoms with E-state index in [9.17, 15) is 14.7 Å². The molecule has 0 unspecified atom stereocenters. The van der Waals surface area contributed by atoms with Gasteiger partial charge in [-0.05, 0) is 19.1 Å². The number of hydrogen-bond donors (Lipinski definition) is 1. The van der Waals surface area contributed by atoms with Gasteiger partial charge in [0.2, 0.25) is 11.4 Å². The van der Waals surface area contributed by atoms with Crippen LogP contribution in [0.1, 0.15) is 17.3 Å².